The first-order valence-corrected chi connectivity index (χ1v) is 7.66. The Morgan fingerprint density at radius 3 is 3.05 bits per heavy atom. The van der Waals surface area contributed by atoms with Gasteiger partial charge in [-0.15, -0.1) is 0 Å². The summed E-state index contributed by atoms with van der Waals surface area (Å²) in [6.45, 7) is 3.20. The molecule has 20 heavy (non-hydrogen) atoms. The molecule has 3 heteroatoms. The second-order valence-electron chi connectivity index (χ2n) is 5.74. The van der Waals surface area contributed by atoms with Crippen molar-refractivity contribution in [3.05, 3.63) is 35.4 Å². The van der Waals surface area contributed by atoms with Crippen LogP contribution < -0.4 is 0 Å². The van der Waals surface area contributed by atoms with Gasteiger partial charge in [-0.3, -0.25) is 4.79 Å². The maximum absolute atomic E-state index is 12.3. The van der Waals surface area contributed by atoms with Gasteiger partial charge in [0.1, 0.15) is 0 Å². The number of aryl methyl sites for hydroxylation is 2. The predicted molar refractivity (Wildman–Crippen MR) is 80.6 cm³/mol. The van der Waals surface area contributed by atoms with Crippen LogP contribution >= 0.6 is 0 Å². The zero-order valence-electron chi connectivity index (χ0n) is 12.3. The highest BCUT2D eigenvalue weighted by Gasteiger charge is 2.27. The summed E-state index contributed by atoms with van der Waals surface area (Å²) < 4.78 is 0. The maximum Gasteiger partial charge on any atom is 0.223 e. The Balaban J connectivity index is 1.84. The van der Waals surface area contributed by atoms with E-state index in [9.17, 15) is 4.79 Å². The number of carbonyl (C=O) groups excluding carboxylic acids is 1. The SMILES string of the molecule is Cc1cccc(CCC(=O)N2CCCC2CCCO)c1. The van der Waals surface area contributed by atoms with Crippen molar-refractivity contribution in [3.8, 4) is 0 Å². The summed E-state index contributed by atoms with van der Waals surface area (Å²) in [5.41, 5.74) is 2.49. The Hall–Kier alpha value is -1.35. The molecule has 110 valence electrons. The van der Waals surface area contributed by atoms with E-state index in [-0.39, 0.29) is 12.5 Å². The fourth-order valence-corrected chi connectivity index (χ4v) is 3.05. The van der Waals surface area contributed by atoms with Crippen molar-refractivity contribution in [1.82, 2.24) is 4.90 Å². The summed E-state index contributed by atoms with van der Waals surface area (Å²) >= 11 is 0. The van der Waals surface area contributed by atoms with E-state index in [0.717, 1.165) is 38.6 Å². The third kappa shape index (κ3) is 4.07. The van der Waals surface area contributed by atoms with E-state index < -0.39 is 0 Å². The van der Waals surface area contributed by atoms with E-state index in [1.165, 1.54) is 11.1 Å². The normalized spacial score (nSPS) is 18.5. The number of rotatable bonds is 6. The van der Waals surface area contributed by atoms with Crippen molar-refractivity contribution in [3.63, 3.8) is 0 Å². The van der Waals surface area contributed by atoms with Crippen LogP contribution in [-0.2, 0) is 11.2 Å². The molecule has 1 heterocycles. The molecule has 1 unspecified atom stereocenters. The Morgan fingerprint density at radius 1 is 1.45 bits per heavy atom. The van der Waals surface area contributed by atoms with E-state index in [0.29, 0.717) is 12.5 Å². The molecule has 0 bridgehead atoms. The van der Waals surface area contributed by atoms with Crippen LogP contribution in [0.1, 0.15) is 43.2 Å². The minimum Gasteiger partial charge on any atom is -0.396 e. The Kier molecular flexibility index (Phi) is 5.60. The van der Waals surface area contributed by atoms with E-state index in [2.05, 4.69) is 31.2 Å². The maximum atomic E-state index is 12.3. The van der Waals surface area contributed by atoms with Crippen LogP contribution in [0.5, 0.6) is 0 Å². The first-order valence-electron chi connectivity index (χ1n) is 7.66. The third-order valence-corrected chi connectivity index (χ3v) is 4.10. The number of hydrogen-bond donors (Lipinski definition) is 1. The Labute approximate surface area is 121 Å². The van der Waals surface area contributed by atoms with E-state index >= 15 is 0 Å². The summed E-state index contributed by atoms with van der Waals surface area (Å²) in [6.07, 6.45) is 5.35. The van der Waals surface area contributed by atoms with Crippen LogP contribution in [-0.4, -0.2) is 35.1 Å². The van der Waals surface area contributed by atoms with Crippen LogP contribution in [0.15, 0.2) is 24.3 Å². The van der Waals surface area contributed by atoms with Gasteiger partial charge in [0.15, 0.2) is 0 Å². The van der Waals surface area contributed by atoms with Crippen molar-refractivity contribution in [2.45, 2.75) is 51.5 Å². The molecule has 1 atom stereocenters. The molecule has 1 aliphatic heterocycles. The lowest BCUT2D eigenvalue weighted by molar-refractivity contribution is -0.132. The molecule has 0 aliphatic carbocycles. The second-order valence-corrected chi connectivity index (χ2v) is 5.74. The van der Waals surface area contributed by atoms with Gasteiger partial charge in [-0.25, -0.2) is 0 Å². The van der Waals surface area contributed by atoms with Gasteiger partial charge in [-0.2, -0.15) is 0 Å². The molecule has 0 saturated carbocycles. The van der Waals surface area contributed by atoms with Gasteiger partial charge in [0, 0.05) is 25.6 Å². The van der Waals surface area contributed by atoms with Gasteiger partial charge in [-0.05, 0) is 44.6 Å². The van der Waals surface area contributed by atoms with Crippen LogP contribution in [0.25, 0.3) is 0 Å². The number of carbonyl (C=O) groups is 1. The van der Waals surface area contributed by atoms with Crippen LogP contribution in [0.4, 0.5) is 0 Å². The number of hydrogen-bond acceptors (Lipinski definition) is 2. The number of amides is 1. The number of likely N-dealkylation sites (tertiary alicyclic amines) is 1. The second kappa shape index (κ2) is 7.44. The van der Waals surface area contributed by atoms with Gasteiger partial charge in [0.2, 0.25) is 5.91 Å². The average Bonchev–Trinajstić information content (AvgIpc) is 2.91. The Bertz CT molecular complexity index is 444. The summed E-state index contributed by atoms with van der Waals surface area (Å²) in [4.78, 5) is 14.4. The van der Waals surface area contributed by atoms with Crippen molar-refractivity contribution in [2.75, 3.05) is 13.2 Å². The smallest absolute Gasteiger partial charge is 0.223 e. The molecule has 0 aromatic heterocycles. The molecule has 0 spiro atoms. The lowest BCUT2D eigenvalue weighted by Crippen LogP contribution is -2.35. The van der Waals surface area contributed by atoms with Gasteiger partial charge < -0.3 is 10.0 Å². The minimum atomic E-state index is 0.224. The highest BCUT2D eigenvalue weighted by atomic mass is 16.3. The molecule has 1 aromatic rings. The highest BCUT2D eigenvalue weighted by molar-refractivity contribution is 5.77. The van der Waals surface area contributed by atoms with Gasteiger partial charge in [0.25, 0.3) is 0 Å². The highest BCUT2D eigenvalue weighted by Crippen LogP contribution is 2.22. The van der Waals surface area contributed by atoms with Gasteiger partial charge >= 0.3 is 0 Å². The van der Waals surface area contributed by atoms with E-state index in [4.69, 9.17) is 5.11 Å². The monoisotopic (exact) mass is 275 g/mol. The number of benzene rings is 1. The van der Waals surface area contributed by atoms with Gasteiger partial charge in [-0.1, -0.05) is 29.8 Å². The molecule has 1 fully saturated rings. The standard InChI is InChI=1S/C17H25NO2/c1-14-5-2-6-15(13-14)9-10-17(20)18-11-3-7-16(18)8-4-12-19/h2,5-6,13,16,19H,3-4,7-12H2,1H3. The molecule has 2 rings (SSSR count). The lowest BCUT2D eigenvalue weighted by atomic mass is 10.1. The molecular formula is C17H25NO2. The largest absolute Gasteiger partial charge is 0.396 e. The zero-order valence-corrected chi connectivity index (χ0v) is 12.3. The van der Waals surface area contributed by atoms with Crippen LogP contribution in [0, 0.1) is 6.92 Å². The van der Waals surface area contributed by atoms with Crippen molar-refractivity contribution >= 4 is 5.91 Å². The van der Waals surface area contributed by atoms with Crippen molar-refractivity contribution in [2.24, 2.45) is 0 Å². The molecule has 1 N–H and O–H groups in total. The molecular weight excluding hydrogens is 250 g/mol. The molecule has 1 saturated heterocycles. The molecule has 1 aromatic carbocycles. The van der Waals surface area contributed by atoms with Crippen LogP contribution in [0.2, 0.25) is 0 Å². The fourth-order valence-electron chi connectivity index (χ4n) is 3.05. The van der Waals surface area contributed by atoms with Crippen molar-refractivity contribution in [1.29, 1.82) is 0 Å². The minimum absolute atomic E-state index is 0.224. The topological polar surface area (TPSA) is 40.5 Å². The summed E-state index contributed by atoms with van der Waals surface area (Å²) in [7, 11) is 0. The van der Waals surface area contributed by atoms with E-state index in [1.54, 1.807) is 0 Å². The molecule has 0 radical (unpaired) electrons. The van der Waals surface area contributed by atoms with Gasteiger partial charge in [0.05, 0.1) is 0 Å². The quantitative estimate of drug-likeness (QED) is 0.867. The Morgan fingerprint density at radius 2 is 2.30 bits per heavy atom. The average molecular weight is 275 g/mol. The van der Waals surface area contributed by atoms with E-state index in [1.807, 2.05) is 4.90 Å². The first-order chi connectivity index (χ1) is 9.70. The van der Waals surface area contributed by atoms with Crippen LogP contribution in [0.3, 0.4) is 0 Å². The summed E-state index contributed by atoms with van der Waals surface area (Å²) in [6, 6.07) is 8.73. The van der Waals surface area contributed by atoms with Crippen molar-refractivity contribution < 1.29 is 9.90 Å². The lowest BCUT2D eigenvalue weighted by Gasteiger charge is -2.24. The summed E-state index contributed by atoms with van der Waals surface area (Å²) in [5, 5.41) is 8.93. The first kappa shape index (κ1) is 15.0. The molecule has 1 aliphatic rings. The number of nitrogens with zero attached hydrogens (tertiary/aromatic N) is 1. The fraction of sp³-hybridized carbons (Fsp3) is 0.588. The third-order valence-electron chi connectivity index (χ3n) is 4.10. The molecule has 3 nitrogen and oxygen atoms in total. The summed E-state index contributed by atoms with van der Waals surface area (Å²) in [5.74, 6) is 0.270. The molecule has 1 amide bonds. The zero-order chi connectivity index (χ0) is 14.4. The number of aliphatic hydroxyl groups is 1. The predicted octanol–water partition coefficient (Wildman–Crippen LogP) is 2.69. The number of aliphatic hydroxyl groups excluding tert-OH is 1.